The zero-order valence-electron chi connectivity index (χ0n) is 19.7. The average molecular weight is 482 g/mol. The largest absolute Gasteiger partial charge is 0.381 e. The molecule has 8 nitrogen and oxygen atoms in total. The summed E-state index contributed by atoms with van der Waals surface area (Å²) < 4.78 is 5.96. The summed E-state index contributed by atoms with van der Waals surface area (Å²) >= 11 is 4.12. The van der Waals surface area contributed by atoms with Crippen LogP contribution in [-0.2, 0) is 19.1 Å². The molecule has 0 aromatic carbocycles. The molecule has 33 heavy (non-hydrogen) atoms. The van der Waals surface area contributed by atoms with Crippen molar-refractivity contribution in [2.75, 3.05) is 13.2 Å². The number of carbonyl (C=O) groups excluding carboxylic acids is 3. The van der Waals surface area contributed by atoms with Crippen LogP contribution in [0.1, 0.15) is 58.8 Å². The highest BCUT2D eigenvalue weighted by molar-refractivity contribution is 7.80. The normalized spacial score (nSPS) is 35.2. The highest BCUT2D eigenvalue weighted by Crippen LogP contribution is 2.55. The summed E-state index contributed by atoms with van der Waals surface area (Å²) in [5, 5.41) is 18.7. The van der Waals surface area contributed by atoms with Crippen LogP contribution in [0.25, 0.3) is 0 Å². The van der Waals surface area contributed by atoms with Crippen LogP contribution in [0.3, 0.4) is 0 Å². The molecule has 2 bridgehead atoms. The number of thiol groups is 1. The molecule has 0 aromatic rings. The fourth-order valence-electron chi connectivity index (χ4n) is 6.61. The number of nitrogens with one attached hydrogen (secondary N) is 3. The second kappa shape index (κ2) is 10.5. The molecule has 2 aliphatic carbocycles. The molecule has 2 aliphatic heterocycles. The molecule has 2 heterocycles. The van der Waals surface area contributed by atoms with Crippen molar-refractivity contribution < 1.29 is 24.2 Å². The van der Waals surface area contributed by atoms with Crippen molar-refractivity contribution in [1.82, 2.24) is 16.0 Å². The van der Waals surface area contributed by atoms with E-state index in [1.165, 1.54) is 6.42 Å². The highest BCUT2D eigenvalue weighted by Gasteiger charge is 2.53. The van der Waals surface area contributed by atoms with Gasteiger partial charge >= 0.3 is 0 Å². The molecule has 2 saturated heterocycles. The second-order valence-electron chi connectivity index (χ2n) is 10.9. The highest BCUT2D eigenvalue weighted by atomic mass is 32.1. The minimum Gasteiger partial charge on any atom is -0.381 e. The summed E-state index contributed by atoms with van der Waals surface area (Å²) in [4.78, 5) is 38.1. The molecule has 4 N–H and O–H groups in total. The molecular weight excluding hydrogens is 442 g/mol. The first-order chi connectivity index (χ1) is 15.7. The number of rotatable bonds is 10. The average Bonchev–Trinajstić information content (AvgIpc) is 3.41. The van der Waals surface area contributed by atoms with E-state index in [0.717, 1.165) is 19.4 Å². The molecule has 4 fully saturated rings. The summed E-state index contributed by atoms with van der Waals surface area (Å²) in [7, 11) is 0. The molecule has 4 aliphatic rings. The lowest BCUT2D eigenvalue weighted by Gasteiger charge is -2.29. The number of amides is 3. The smallest absolute Gasteiger partial charge is 0.242 e. The molecule has 186 valence electrons. The van der Waals surface area contributed by atoms with Gasteiger partial charge in [-0.2, -0.15) is 0 Å². The predicted molar refractivity (Wildman–Crippen MR) is 126 cm³/mol. The maximum absolute atomic E-state index is 13.1. The maximum atomic E-state index is 13.1. The zero-order valence-corrected chi connectivity index (χ0v) is 20.6. The van der Waals surface area contributed by atoms with E-state index in [2.05, 4.69) is 28.6 Å². The monoisotopic (exact) mass is 481 g/mol. The molecule has 9 heteroatoms. The van der Waals surface area contributed by atoms with Gasteiger partial charge in [0.1, 0.15) is 11.5 Å². The third kappa shape index (κ3) is 5.68. The minimum atomic E-state index is -1.09. The lowest BCUT2D eigenvalue weighted by Crippen LogP contribution is -2.53. The van der Waals surface area contributed by atoms with Gasteiger partial charge in [-0.1, -0.05) is 13.8 Å². The van der Waals surface area contributed by atoms with Gasteiger partial charge in [-0.25, -0.2) is 0 Å². The minimum absolute atomic E-state index is 0.0600. The van der Waals surface area contributed by atoms with Gasteiger partial charge < -0.3 is 25.8 Å². The molecule has 0 spiro atoms. The Labute approximate surface area is 201 Å². The zero-order chi connectivity index (χ0) is 23.7. The van der Waals surface area contributed by atoms with Crippen molar-refractivity contribution in [1.29, 1.82) is 0 Å². The summed E-state index contributed by atoms with van der Waals surface area (Å²) in [6.07, 6.45) is 5.71. The third-order valence-electron chi connectivity index (χ3n) is 8.25. The fraction of sp³-hybridized carbons (Fsp3) is 0.875. The van der Waals surface area contributed by atoms with Crippen molar-refractivity contribution in [2.45, 2.75) is 82.4 Å². The fourth-order valence-corrected chi connectivity index (χ4v) is 6.81. The first-order valence-corrected chi connectivity index (χ1v) is 13.1. The predicted octanol–water partition coefficient (Wildman–Crippen LogP) is 1.23. The van der Waals surface area contributed by atoms with Gasteiger partial charge in [0.2, 0.25) is 17.7 Å². The molecule has 4 unspecified atom stereocenters. The van der Waals surface area contributed by atoms with E-state index in [9.17, 15) is 19.5 Å². The lowest BCUT2D eigenvalue weighted by atomic mass is 9.84. The standard InChI is InChI=1S/C24H39N3O5S/c1-12(2)7-18(23(30)27-19(24(31)33)9-14-5-6-25-22(14)29)26-21(28)10-15-13-3-4-20-16(8-13)17(15)11-32-20/h12-20,24,31,33H,3-11H2,1-2H3,(H,25,29)(H,26,28)(H,27,30)/t13?,14?,15-,16?,17-,18-,19-,20+,24?/m0/s1. The Morgan fingerprint density at radius 3 is 2.67 bits per heavy atom. The molecular formula is C24H39N3O5S. The van der Waals surface area contributed by atoms with E-state index in [1.54, 1.807) is 0 Å². The molecule has 3 amide bonds. The first-order valence-electron chi connectivity index (χ1n) is 12.6. The van der Waals surface area contributed by atoms with Crippen LogP contribution >= 0.6 is 12.6 Å². The van der Waals surface area contributed by atoms with Gasteiger partial charge in [0, 0.05) is 18.9 Å². The first kappa shape index (κ1) is 24.8. The van der Waals surface area contributed by atoms with Gasteiger partial charge in [0.25, 0.3) is 0 Å². The summed E-state index contributed by atoms with van der Waals surface area (Å²) in [6.45, 7) is 5.39. The number of hydrogen-bond donors (Lipinski definition) is 5. The topological polar surface area (TPSA) is 117 Å². The Balaban J connectivity index is 1.35. The van der Waals surface area contributed by atoms with Crippen molar-refractivity contribution in [3.8, 4) is 0 Å². The molecule has 4 rings (SSSR count). The van der Waals surface area contributed by atoms with Crippen molar-refractivity contribution >= 4 is 30.4 Å². The van der Waals surface area contributed by atoms with Crippen molar-refractivity contribution in [3.05, 3.63) is 0 Å². The number of fused-ring (bicyclic) bond motifs is 1. The van der Waals surface area contributed by atoms with E-state index in [-0.39, 0.29) is 29.6 Å². The van der Waals surface area contributed by atoms with Gasteiger partial charge in [-0.15, -0.1) is 12.6 Å². The lowest BCUT2D eigenvalue weighted by molar-refractivity contribution is -0.131. The van der Waals surface area contributed by atoms with E-state index >= 15 is 0 Å². The summed E-state index contributed by atoms with van der Waals surface area (Å²) in [5.41, 5.74) is -1.09. The number of hydrogen-bond acceptors (Lipinski definition) is 6. The van der Waals surface area contributed by atoms with Gasteiger partial charge in [-0.05, 0) is 68.1 Å². The Morgan fingerprint density at radius 1 is 1.21 bits per heavy atom. The van der Waals surface area contributed by atoms with E-state index in [0.29, 0.717) is 62.0 Å². The Morgan fingerprint density at radius 2 is 2.00 bits per heavy atom. The number of ether oxygens (including phenoxy) is 1. The van der Waals surface area contributed by atoms with Crippen LogP contribution < -0.4 is 16.0 Å². The van der Waals surface area contributed by atoms with Gasteiger partial charge in [0.15, 0.2) is 0 Å². The molecule has 0 radical (unpaired) electrons. The van der Waals surface area contributed by atoms with E-state index in [1.807, 2.05) is 13.8 Å². The summed E-state index contributed by atoms with van der Waals surface area (Å²) in [6, 6.07) is -1.35. The second-order valence-corrected chi connectivity index (χ2v) is 11.5. The summed E-state index contributed by atoms with van der Waals surface area (Å²) in [5.74, 6) is 1.45. The van der Waals surface area contributed by atoms with Crippen molar-refractivity contribution in [2.24, 2.45) is 35.5 Å². The SMILES string of the molecule is CC(C)C[C@H](NC(=O)C[C@H]1C2CC[C@H]3OC[C@@H]1C3C2)C(=O)N[C@@H](CC1CCNC1=O)C(O)S. The number of aliphatic hydroxyl groups excluding tert-OH is 1. The van der Waals surface area contributed by atoms with Crippen LogP contribution in [0, 0.1) is 35.5 Å². The molecule has 9 atom stereocenters. The van der Waals surface area contributed by atoms with Crippen LogP contribution in [0.15, 0.2) is 0 Å². The third-order valence-corrected chi connectivity index (χ3v) is 8.61. The molecule has 2 saturated carbocycles. The van der Waals surface area contributed by atoms with Gasteiger partial charge in [-0.3, -0.25) is 14.4 Å². The quantitative estimate of drug-likeness (QED) is 0.238. The Hall–Kier alpha value is -1.32. The molecule has 0 aromatic heterocycles. The van der Waals surface area contributed by atoms with E-state index < -0.39 is 17.5 Å². The van der Waals surface area contributed by atoms with Crippen LogP contribution in [0.5, 0.6) is 0 Å². The van der Waals surface area contributed by atoms with Gasteiger partial charge in [0.05, 0.1) is 18.8 Å². The number of carbonyl (C=O) groups is 3. The van der Waals surface area contributed by atoms with E-state index in [4.69, 9.17) is 4.74 Å². The van der Waals surface area contributed by atoms with Crippen LogP contribution in [0.2, 0.25) is 0 Å². The number of aliphatic hydroxyl groups is 1. The maximum Gasteiger partial charge on any atom is 0.242 e. The van der Waals surface area contributed by atoms with Crippen LogP contribution in [-0.4, -0.2) is 59.6 Å². The Kier molecular flexibility index (Phi) is 7.91. The van der Waals surface area contributed by atoms with Crippen LogP contribution in [0.4, 0.5) is 0 Å². The van der Waals surface area contributed by atoms with Crippen molar-refractivity contribution in [3.63, 3.8) is 0 Å². The Bertz CT molecular complexity index is 748.